The maximum atomic E-state index is 5.46. The van der Waals surface area contributed by atoms with E-state index < -0.39 is 0 Å². The quantitative estimate of drug-likeness (QED) is 0.836. The van der Waals surface area contributed by atoms with Gasteiger partial charge < -0.3 is 14.8 Å². The molecule has 2 rings (SSSR count). The van der Waals surface area contributed by atoms with Crippen molar-refractivity contribution in [3.63, 3.8) is 0 Å². The third-order valence-corrected chi connectivity index (χ3v) is 3.24. The van der Waals surface area contributed by atoms with Gasteiger partial charge in [0.15, 0.2) is 0 Å². The zero-order valence-electron chi connectivity index (χ0n) is 10.8. The Morgan fingerprint density at radius 1 is 1.71 bits per heavy atom. The first-order chi connectivity index (χ1) is 8.26. The molecule has 1 aliphatic rings. The molecule has 5 nitrogen and oxygen atoms in total. The van der Waals surface area contributed by atoms with Gasteiger partial charge in [-0.05, 0) is 13.0 Å². The smallest absolute Gasteiger partial charge is 0.211 e. The highest BCUT2D eigenvalue weighted by Crippen LogP contribution is 2.29. The Hall–Kier alpha value is -1.07. The topological polar surface area (TPSA) is 48.3 Å². The Balaban J connectivity index is 2.18. The Kier molecular flexibility index (Phi) is 4.02. The zero-order valence-corrected chi connectivity index (χ0v) is 10.8. The second-order valence-corrected chi connectivity index (χ2v) is 4.39. The number of aryl methyl sites for hydroxylation is 1. The van der Waals surface area contributed by atoms with Gasteiger partial charge in [0.25, 0.3) is 0 Å². The van der Waals surface area contributed by atoms with Gasteiger partial charge in [-0.3, -0.25) is 0 Å². The zero-order chi connectivity index (χ0) is 12.3. The second-order valence-electron chi connectivity index (χ2n) is 4.39. The molecule has 0 aliphatic carbocycles. The number of hydrogen-bond donors (Lipinski definition) is 1. The van der Waals surface area contributed by atoms with Crippen molar-refractivity contribution in [1.29, 1.82) is 0 Å². The van der Waals surface area contributed by atoms with E-state index in [0.717, 1.165) is 37.8 Å². The van der Waals surface area contributed by atoms with Crippen LogP contribution in [0, 0.1) is 5.92 Å². The molecule has 0 radical (unpaired) electrons. The first kappa shape index (κ1) is 12.4. The van der Waals surface area contributed by atoms with Gasteiger partial charge in [-0.2, -0.15) is 5.10 Å². The van der Waals surface area contributed by atoms with Gasteiger partial charge in [-0.1, -0.05) is 6.92 Å². The summed E-state index contributed by atoms with van der Waals surface area (Å²) in [7, 11) is 3.57. The van der Waals surface area contributed by atoms with Gasteiger partial charge >= 0.3 is 0 Å². The fourth-order valence-electron chi connectivity index (χ4n) is 2.36. The van der Waals surface area contributed by atoms with E-state index in [1.54, 1.807) is 11.8 Å². The maximum absolute atomic E-state index is 5.46. The van der Waals surface area contributed by atoms with E-state index in [2.05, 4.69) is 17.3 Å². The Bertz CT molecular complexity index is 359. The van der Waals surface area contributed by atoms with Crippen LogP contribution in [0.4, 0.5) is 0 Å². The summed E-state index contributed by atoms with van der Waals surface area (Å²) in [6.07, 6.45) is 1.09. The summed E-state index contributed by atoms with van der Waals surface area (Å²) < 4.78 is 12.5. The van der Waals surface area contributed by atoms with Gasteiger partial charge in [0.1, 0.15) is 0 Å². The van der Waals surface area contributed by atoms with Crippen molar-refractivity contribution in [1.82, 2.24) is 15.1 Å². The minimum absolute atomic E-state index is 0.262. The molecular formula is C12H21N3O2. The molecule has 1 fully saturated rings. The summed E-state index contributed by atoms with van der Waals surface area (Å²) in [5, 5.41) is 8.01. The Labute approximate surface area is 102 Å². The molecule has 0 bridgehead atoms. The molecule has 17 heavy (non-hydrogen) atoms. The molecule has 1 saturated heterocycles. The average Bonchev–Trinajstić information content (AvgIpc) is 2.95. The molecule has 96 valence electrons. The molecule has 1 aliphatic heterocycles. The fraction of sp³-hybridized carbons (Fsp3) is 0.750. The van der Waals surface area contributed by atoms with E-state index in [0.29, 0.717) is 5.92 Å². The van der Waals surface area contributed by atoms with Crippen molar-refractivity contribution in [3.8, 4) is 5.88 Å². The average molecular weight is 239 g/mol. The highest BCUT2D eigenvalue weighted by molar-refractivity contribution is 5.19. The first-order valence-corrected chi connectivity index (χ1v) is 6.15. The van der Waals surface area contributed by atoms with Crippen molar-refractivity contribution in [3.05, 3.63) is 11.8 Å². The molecule has 1 aromatic rings. The molecule has 1 N–H and O–H groups in total. The van der Waals surface area contributed by atoms with Crippen LogP contribution >= 0.6 is 0 Å². The lowest BCUT2D eigenvalue weighted by Crippen LogP contribution is -2.29. The Morgan fingerprint density at radius 3 is 3.06 bits per heavy atom. The number of methoxy groups -OCH3 is 1. The summed E-state index contributed by atoms with van der Waals surface area (Å²) in [4.78, 5) is 0. The summed E-state index contributed by atoms with van der Waals surface area (Å²) in [5.74, 6) is 1.30. The fourth-order valence-corrected chi connectivity index (χ4v) is 2.36. The van der Waals surface area contributed by atoms with Gasteiger partial charge in [0, 0.05) is 25.6 Å². The van der Waals surface area contributed by atoms with Crippen molar-refractivity contribution < 1.29 is 9.47 Å². The normalized spacial score (nSPS) is 21.7. The molecule has 2 heterocycles. The van der Waals surface area contributed by atoms with Crippen molar-refractivity contribution in [2.75, 3.05) is 26.9 Å². The van der Waals surface area contributed by atoms with E-state index in [9.17, 15) is 0 Å². The monoisotopic (exact) mass is 239 g/mol. The SMILES string of the molecule is CCNC(c1cc(OC)n(C)n1)C1CCOC1. The van der Waals surface area contributed by atoms with Crippen LogP contribution in [0.15, 0.2) is 6.07 Å². The molecule has 0 saturated carbocycles. The molecular weight excluding hydrogens is 218 g/mol. The van der Waals surface area contributed by atoms with Crippen molar-refractivity contribution >= 4 is 0 Å². The summed E-state index contributed by atoms with van der Waals surface area (Å²) in [6, 6.07) is 2.27. The van der Waals surface area contributed by atoms with Gasteiger partial charge in [0.05, 0.1) is 25.5 Å². The largest absolute Gasteiger partial charge is 0.481 e. The predicted molar refractivity (Wildman–Crippen MR) is 65.1 cm³/mol. The van der Waals surface area contributed by atoms with Crippen LogP contribution in [0.5, 0.6) is 5.88 Å². The molecule has 0 spiro atoms. The number of hydrogen-bond acceptors (Lipinski definition) is 4. The van der Waals surface area contributed by atoms with E-state index in [1.807, 2.05) is 13.1 Å². The van der Waals surface area contributed by atoms with E-state index >= 15 is 0 Å². The standard InChI is InChI=1S/C12H21N3O2/c1-4-13-12(9-5-6-17-8-9)10-7-11(16-3)15(2)14-10/h7,9,12-13H,4-6,8H2,1-3H3. The minimum Gasteiger partial charge on any atom is -0.481 e. The summed E-state index contributed by atoms with van der Waals surface area (Å²) in [6.45, 7) is 4.72. The van der Waals surface area contributed by atoms with Crippen LogP contribution < -0.4 is 10.1 Å². The highest BCUT2D eigenvalue weighted by Gasteiger charge is 2.28. The number of nitrogens with one attached hydrogen (secondary N) is 1. The van der Waals surface area contributed by atoms with Gasteiger partial charge in [-0.25, -0.2) is 4.68 Å². The van der Waals surface area contributed by atoms with Crippen LogP contribution in [0.1, 0.15) is 25.1 Å². The maximum Gasteiger partial charge on any atom is 0.211 e. The van der Waals surface area contributed by atoms with E-state index in [1.165, 1.54) is 0 Å². The third kappa shape index (κ3) is 2.61. The lowest BCUT2D eigenvalue weighted by Gasteiger charge is -2.21. The van der Waals surface area contributed by atoms with Crippen LogP contribution in [0.3, 0.4) is 0 Å². The lowest BCUT2D eigenvalue weighted by atomic mass is 9.96. The number of aromatic nitrogens is 2. The molecule has 2 unspecified atom stereocenters. The van der Waals surface area contributed by atoms with Crippen LogP contribution in [-0.4, -0.2) is 36.6 Å². The van der Waals surface area contributed by atoms with Crippen molar-refractivity contribution in [2.24, 2.45) is 13.0 Å². The molecule has 0 aromatic carbocycles. The van der Waals surface area contributed by atoms with Crippen LogP contribution in [0.25, 0.3) is 0 Å². The van der Waals surface area contributed by atoms with Gasteiger partial charge in [-0.15, -0.1) is 0 Å². The lowest BCUT2D eigenvalue weighted by molar-refractivity contribution is 0.176. The minimum atomic E-state index is 0.262. The van der Waals surface area contributed by atoms with E-state index in [4.69, 9.17) is 9.47 Å². The summed E-state index contributed by atoms with van der Waals surface area (Å²) in [5.41, 5.74) is 1.04. The molecule has 0 amide bonds. The molecule has 5 heteroatoms. The Morgan fingerprint density at radius 2 is 2.53 bits per heavy atom. The predicted octanol–water partition coefficient (Wildman–Crippen LogP) is 1.12. The number of rotatable bonds is 5. The highest BCUT2D eigenvalue weighted by atomic mass is 16.5. The van der Waals surface area contributed by atoms with E-state index in [-0.39, 0.29) is 6.04 Å². The first-order valence-electron chi connectivity index (χ1n) is 6.15. The molecule has 1 aromatic heterocycles. The van der Waals surface area contributed by atoms with Crippen LogP contribution in [0.2, 0.25) is 0 Å². The second kappa shape index (κ2) is 5.51. The van der Waals surface area contributed by atoms with Crippen molar-refractivity contribution in [2.45, 2.75) is 19.4 Å². The van der Waals surface area contributed by atoms with Gasteiger partial charge in [0.2, 0.25) is 5.88 Å². The number of ether oxygens (including phenoxy) is 2. The third-order valence-electron chi connectivity index (χ3n) is 3.24. The van der Waals surface area contributed by atoms with Crippen LogP contribution in [-0.2, 0) is 11.8 Å². The summed E-state index contributed by atoms with van der Waals surface area (Å²) >= 11 is 0. The number of nitrogens with zero attached hydrogens (tertiary/aromatic N) is 2. The molecule has 2 atom stereocenters.